The number of benzene rings is 2. The molecule has 1 saturated heterocycles. The van der Waals surface area contributed by atoms with Gasteiger partial charge in [-0.3, -0.25) is 0 Å². The first kappa shape index (κ1) is 16.0. The second-order valence-electron chi connectivity index (χ2n) is 5.37. The van der Waals surface area contributed by atoms with E-state index >= 15 is 0 Å². The van der Waals surface area contributed by atoms with E-state index in [0.29, 0.717) is 18.9 Å². The monoisotopic (exact) mass is 341 g/mol. The molecule has 0 amide bonds. The lowest BCUT2D eigenvalue weighted by Gasteiger charge is -2.25. The van der Waals surface area contributed by atoms with E-state index < -0.39 is 38.4 Å². The first-order chi connectivity index (χ1) is 10.9. The maximum atomic E-state index is 14.0. The molecular weight excluding hydrogens is 327 g/mol. The third-order valence-corrected chi connectivity index (χ3v) is 5.87. The minimum absolute atomic E-state index is 0.136. The highest BCUT2D eigenvalue weighted by molar-refractivity contribution is 7.89. The predicted octanol–water partition coefficient (Wildman–Crippen LogP) is 3.63. The zero-order valence-electron chi connectivity index (χ0n) is 12.0. The highest BCUT2D eigenvalue weighted by atomic mass is 32.2. The van der Waals surface area contributed by atoms with Crippen LogP contribution in [0.25, 0.3) is 0 Å². The number of sulfonamides is 1. The summed E-state index contributed by atoms with van der Waals surface area (Å²) in [4.78, 5) is -0.722. The van der Waals surface area contributed by atoms with E-state index in [0.717, 1.165) is 16.4 Å². The Labute approximate surface area is 132 Å². The Kier molecular flexibility index (Phi) is 4.16. The molecule has 0 bridgehead atoms. The van der Waals surface area contributed by atoms with Crippen LogP contribution in [0.5, 0.6) is 0 Å². The van der Waals surface area contributed by atoms with E-state index in [1.807, 2.05) is 0 Å². The number of halogens is 3. The molecule has 0 spiro atoms. The Morgan fingerprint density at radius 1 is 1.00 bits per heavy atom. The summed E-state index contributed by atoms with van der Waals surface area (Å²) in [6.45, 7) is 0.136. The zero-order chi connectivity index (χ0) is 16.6. The normalized spacial score (nSPS) is 19.2. The molecule has 0 aliphatic carbocycles. The van der Waals surface area contributed by atoms with Crippen molar-refractivity contribution < 1.29 is 21.6 Å². The van der Waals surface area contributed by atoms with Crippen LogP contribution in [0.4, 0.5) is 13.2 Å². The molecule has 2 aromatic carbocycles. The minimum Gasteiger partial charge on any atom is -0.207 e. The standard InChI is InChI=1S/C16H14F3NO2S/c17-11-7-8-14(19)16(10-11)23(21,22)20-9-3-6-15(20)12-4-1-2-5-13(12)18/h1-2,4-5,7-8,10,15H,3,6,9H2/t15-/m1/s1. The highest BCUT2D eigenvalue weighted by Crippen LogP contribution is 2.38. The van der Waals surface area contributed by atoms with Gasteiger partial charge in [0.15, 0.2) is 0 Å². The zero-order valence-corrected chi connectivity index (χ0v) is 12.9. The molecule has 7 heteroatoms. The van der Waals surface area contributed by atoms with Gasteiger partial charge in [-0.05, 0) is 37.1 Å². The molecule has 2 aromatic rings. The van der Waals surface area contributed by atoms with Crippen LogP contribution in [0.2, 0.25) is 0 Å². The van der Waals surface area contributed by atoms with Crippen molar-refractivity contribution >= 4 is 10.0 Å². The highest BCUT2D eigenvalue weighted by Gasteiger charge is 2.38. The van der Waals surface area contributed by atoms with E-state index in [2.05, 4.69) is 0 Å². The topological polar surface area (TPSA) is 37.4 Å². The van der Waals surface area contributed by atoms with Crippen LogP contribution in [0, 0.1) is 17.5 Å². The van der Waals surface area contributed by atoms with Crippen molar-refractivity contribution in [2.45, 2.75) is 23.8 Å². The van der Waals surface area contributed by atoms with E-state index in [4.69, 9.17) is 0 Å². The third kappa shape index (κ3) is 2.86. The molecule has 1 aliphatic heterocycles. The summed E-state index contributed by atoms with van der Waals surface area (Å²) < 4.78 is 67.7. The molecule has 0 radical (unpaired) electrons. The van der Waals surface area contributed by atoms with Crippen LogP contribution < -0.4 is 0 Å². The molecule has 1 atom stereocenters. The molecule has 1 heterocycles. The van der Waals surface area contributed by atoms with E-state index in [1.54, 1.807) is 6.07 Å². The quantitative estimate of drug-likeness (QED) is 0.855. The maximum Gasteiger partial charge on any atom is 0.246 e. The molecule has 0 N–H and O–H groups in total. The molecule has 1 aliphatic rings. The van der Waals surface area contributed by atoms with Crippen molar-refractivity contribution in [2.75, 3.05) is 6.54 Å². The fourth-order valence-electron chi connectivity index (χ4n) is 2.89. The van der Waals surface area contributed by atoms with E-state index in [-0.39, 0.29) is 12.1 Å². The van der Waals surface area contributed by atoms with Crippen LogP contribution in [-0.4, -0.2) is 19.3 Å². The molecule has 3 nitrogen and oxygen atoms in total. The fourth-order valence-corrected chi connectivity index (χ4v) is 4.64. The number of hydrogen-bond donors (Lipinski definition) is 0. The number of rotatable bonds is 3. The lowest BCUT2D eigenvalue weighted by atomic mass is 10.1. The summed E-state index contributed by atoms with van der Waals surface area (Å²) in [5.41, 5.74) is 0.241. The first-order valence-corrected chi connectivity index (χ1v) is 8.56. The average molecular weight is 341 g/mol. The Morgan fingerprint density at radius 2 is 1.74 bits per heavy atom. The largest absolute Gasteiger partial charge is 0.246 e. The Morgan fingerprint density at radius 3 is 2.48 bits per heavy atom. The average Bonchev–Trinajstić information content (AvgIpc) is 3.00. The molecule has 0 saturated carbocycles. The smallest absolute Gasteiger partial charge is 0.207 e. The van der Waals surface area contributed by atoms with Crippen LogP contribution in [0.1, 0.15) is 24.4 Å². The molecule has 122 valence electrons. The van der Waals surface area contributed by atoms with Crippen LogP contribution in [0.15, 0.2) is 47.4 Å². The summed E-state index contributed by atoms with van der Waals surface area (Å²) in [5.74, 6) is -2.38. The van der Waals surface area contributed by atoms with Gasteiger partial charge in [0, 0.05) is 12.1 Å². The minimum atomic E-state index is -4.25. The van der Waals surface area contributed by atoms with Gasteiger partial charge in [0.05, 0.1) is 6.04 Å². The van der Waals surface area contributed by atoms with Gasteiger partial charge in [0.1, 0.15) is 22.3 Å². The van der Waals surface area contributed by atoms with Crippen molar-refractivity contribution in [3.05, 3.63) is 65.5 Å². The van der Waals surface area contributed by atoms with E-state index in [1.165, 1.54) is 18.2 Å². The molecule has 1 fully saturated rings. The van der Waals surface area contributed by atoms with Crippen LogP contribution in [0.3, 0.4) is 0 Å². The van der Waals surface area contributed by atoms with Gasteiger partial charge in [-0.1, -0.05) is 18.2 Å². The van der Waals surface area contributed by atoms with Crippen molar-refractivity contribution in [1.29, 1.82) is 0 Å². The molecular formula is C16H14F3NO2S. The summed E-state index contributed by atoms with van der Waals surface area (Å²) in [6.07, 6.45) is 0.951. The third-order valence-electron chi connectivity index (χ3n) is 3.95. The maximum absolute atomic E-state index is 14.0. The second-order valence-corrected chi connectivity index (χ2v) is 7.23. The van der Waals surface area contributed by atoms with Crippen molar-refractivity contribution in [1.82, 2.24) is 4.31 Å². The van der Waals surface area contributed by atoms with Crippen LogP contribution >= 0.6 is 0 Å². The predicted molar refractivity (Wildman–Crippen MR) is 78.6 cm³/mol. The summed E-state index contributed by atoms with van der Waals surface area (Å²) in [6, 6.07) is 7.45. The van der Waals surface area contributed by atoms with Crippen LogP contribution in [-0.2, 0) is 10.0 Å². The van der Waals surface area contributed by atoms with Gasteiger partial charge in [-0.15, -0.1) is 0 Å². The van der Waals surface area contributed by atoms with Gasteiger partial charge < -0.3 is 0 Å². The molecule has 23 heavy (non-hydrogen) atoms. The summed E-state index contributed by atoms with van der Waals surface area (Å²) in [7, 11) is -4.25. The second kappa shape index (κ2) is 5.98. The summed E-state index contributed by atoms with van der Waals surface area (Å²) >= 11 is 0. The lowest BCUT2D eigenvalue weighted by Crippen LogP contribution is -2.31. The van der Waals surface area contributed by atoms with Gasteiger partial charge in [0.25, 0.3) is 0 Å². The first-order valence-electron chi connectivity index (χ1n) is 7.12. The molecule has 0 unspecified atom stereocenters. The van der Waals surface area contributed by atoms with Gasteiger partial charge >= 0.3 is 0 Å². The number of nitrogens with zero attached hydrogens (tertiary/aromatic N) is 1. The lowest BCUT2D eigenvalue weighted by molar-refractivity contribution is 0.383. The number of hydrogen-bond acceptors (Lipinski definition) is 2. The fraction of sp³-hybridized carbons (Fsp3) is 0.250. The van der Waals surface area contributed by atoms with Gasteiger partial charge in [-0.2, -0.15) is 4.31 Å². The van der Waals surface area contributed by atoms with Crippen molar-refractivity contribution in [3.63, 3.8) is 0 Å². The molecule has 3 rings (SSSR count). The molecule has 0 aromatic heterocycles. The van der Waals surface area contributed by atoms with Gasteiger partial charge in [0.2, 0.25) is 10.0 Å². The van der Waals surface area contributed by atoms with Crippen molar-refractivity contribution in [2.24, 2.45) is 0 Å². The van der Waals surface area contributed by atoms with Gasteiger partial charge in [-0.25, -0.2) is 21.6 Å². The Balaban J connectivity index is 2.05. The van der Waals surface area contributed by atoms with E-state index in [9.17, 15) is 21.6 Å². The summed E-state index contributed by atoms with van der Waals surface area (Å²) in [5, 5.41) is 0. The Hall–Kier alpha value is -1.86. The SMILES string of the molecule is O=S(=O)(c1cc(F)ccc1F)N1CCC[C@@H]1c1ccccc1F. The van der Waals surface area contributed by atoms with Crippen molar-refractivity contribution in [3.8, 4) is 0 Å². The Bertz CT molecular complexity index is 839.